The Hall–Kier alpha value is -0.670. The van der Waals surface area contributed by atoms with E-state index in [2.05, 4.69) is 5.32 Å². The Morgan fingerprint density at radius 3 is 2.09 bits per heavy atom. The molecule has 1 heterocycles. The Kier molecular flexibility index (Phi) is 7.03. The number of nitrogens with one attached hydrogen (secondary N) is 1. The van der Waals surface area contributed by atoms with Crippen LogP contribution in [0.15, 0.2) is 34.1 Å². The van der Waals surface area contributed by atoms with E-state index in [0.717, 1.165) is 25.6 Å². The maximum absolute atomic E-state index is 12.8. The summed E-state index contributed by atoms with van der Waals surface area (Å²) >= 11 is 0. The summed E-state index contributed by atoms with van der Waals surface area (Å²) in [7, 11) is -5.49. The molecule has 1 aromatic carbocycles. The molecule has 0 saturated carbocycles. The molecule has 0 unspecified atom stereocenters. The van der Waals surface area contributed by atoms with Crippen LogP contribution >= 0.6 is 12.4 Å². The van der Waals surface area contributed by atoms with Crippen molar-refractivity contribution in [2.24, 2.45) is 5.92 Å². The van der Waals surface area contributed by atoms with E-state index in [9.17, 15) is 16.8 Å². The van der Waals surface area contributed by atoms with Gasteiger partial charge in [-0.15, -0.1) is 12.4 Å². The normalized spacial score (nSPS) is 17.7. The third-order valence-electron chi connectivity index (χ3n) is 3.93. The summed E-state index contributed by atoms with van der Waals surface area (Å²) in [4.78, 5) is -0.253. The third kappa shape index (κ3) is 4.67. The van der Waals surface area contributed by atoms with Crippen LogP contribution in [-0.4, -0.2) is 54.1 Å². The molecule has 2 rings (SSSR count). The van der Waals surface area contributed by atoms with Gasteiger partial charge in [0, 0.05) is 19.3 Å². The fraction of sp³-hybridized carbons (Fsp3) is 0.571. The van der Waals surface area contributed by atoms with Crippen molar-refractivity contribution in [2.75, 3.05) is 32.9 Å². The first-order chi connectivity index (χ1) is 10.3. The predicted octanol–water partition coefficient (Wildman–Crippen LogP) is 1.13. The molecule has 0 atom stereocenters. The van der Waals surface area contributed by atoms with Crippen molar-refractivity contribution >= 4 is 32.3 Å². The maximum Gasteiger partial charge on any atom is 0.244 e. The molecule has 1 aromatic rings. The molecule has 6 nitrogen and oxygen atoms in total. The molecule has 1 N–H and O–H groups in total. The molecule has 0 radical (unpaired) electrons. The highest BCUT2D eigenvalue weighted by atomic mass is 35.5. The second-order valence-corrected chi connectivity index (χ2v) is 9.51. The molecule has 1 aliphatic rings. The van der Waals surface area contributed by atoms with E-state index in [1.165, 1.54) is 22.5 Å². The lowest BCUT2D eigenvalue weighted by atomic mass is 9.98. The molecule has 0 aromatic heterocycles. The summed E-state index contributed by atoms with van der Waals surface area (Å²) in [6.45, 7) is 1.72. The Bertz CT molecular complexity index is 727. The molecular weight excluding hydrogens is 360 g/mol. The van der Waals surface area contributed by atoms with E-state index in [0.29, 0.717) is 19.0 Å². The van der Waals surface area contributed by atoms with Crippen molar-refractivity contribution in [2.45, 2.75) is 22.6 Å². The number of sulfone groups is 1. The fourth-order valence-electron chi connectivity index (χ4n) is 2.75. The first-order valence-corrected chi connectivity index (χ1v) is 10.5. The molecule has 23 heavy (non-hydrogen) atoms. The molecule has 132 valence electrons. The van der Waals surface area contributed by atoms with Crippen LogP contribution in [0.5, 0.6) is 0 Å². The van der Waals surface area contributed by atoms with Crippen LogP contribution in [0.4, 0.5) is 0 Å². The Balaban J connectivity index is 0.00000264. The molecule has 9 heteroatoms. The zero-order valence-electron chi connectivity index (χ0n) is 13.2. The fourth-order valence-corrected chi connectivity index (χ4v) is 5.82. The number of hydrogen-bond donors (Lipinski definition) is 1. The van der Waals surface area contributed by atoms with E-state index in [4.69, 9.17) is 0 Å². The van der Waals surface area contributed by atoms with Crippen LogP contribution in [0.2, 0.25) is 0 Å². The Morgan fingerprint density at radius 2 is 1.61 bits per heavy atom. The zero-order chi connectivity index (χ0) is 16.4. The smallest absolute Gasteiger partial charge is 0.244 e. The van der Waals surface area contributed by atoms with Crippen LogP contribution in [0.3, 0.4) is 0 Å². The third-order valence-corrected chi connectivity index (χ3v) is 7.17. The molecule has 0 spiro atoms. The second-order valence-electron chi connectivity index (χ2n) is 5.62. The van der Waals surface area contributed by atoms with Gasteiger partial charge in [0.25, 0.3) is 0 Å². The summed E-state index contributed by atoms with van der Waals surface area (Å²) in [6, 6.07) is 5.80. The highest BCUT2D eigenvalue weighted by Gasteiger charge is 2.32. The lowest BCUT2D eigenvalue weighted by molar-refractivity contribution is 0.270. The summed E-state index contributed by atoms with van der Waals surface area (Å²) < 4.78 is 50.6. The van der Waals surface area contributed by atoms with Gasteiger partial charge in [-0.05, 0) is 44.5 Å². The average molecular weight is 383 g/mol. The lowest BCUT2D eigenvalue weighted by Crippen LogP contribution is -2.40. The zero-order valence-corrected chi connectivity index (χ0v) is 15.7. The summed E-state index contributed by atoms with van der Waals surface area (Å²) in [5, 5.41) is 3.10. The van der Waals surface area contributed by atoms with Crippen LogP contribution in [0, 0.1) is 5.92 Å². The number of hydrogen-bond acceptors (Lipinski definition) is 5. The van der Waals surface area contributed by atoms with Crippen LogP contribution in [0.25, 0.3) is 0 Å². The van der Waals surface area contributed by atoms with Crippen LogP contribution < -0.4 is 5.32 Å². The van der Waals surface area contributed by atoms with Crippen molar-refractivity contribution in [1.82, 2.24) is 9.62 Å². The monoisotopic (exact) mass is 382 g/mol. The summed E-state index contributed by atoms with van der Waals surface area (Å²) in [5.74, 6) is 0.460. The number of benzene rings is 1. The first-order valence-electron chi connectivity index (χ1n) is 7.20. The number of halogens is 1. The van der Waals surface area contributed by atoms with Crippen LogP contribution in [-0.2, 0) is 19.9 Å². The van der Waals surface area contributed by atoms with Crippen molar-refractivity contribution in [1.29, 1.82) is 0 Å². The van der Waals surface area contributed by atoms with Gasteiger partial charge in [-0.1, -0.05) is 12.1 Å². The second kappa shape index (κ2) is 7.94. The largest absolute Gasteiger partial charge is 0.319 e. The molecule has 1 fully saturated rings. The van der Waals surface area contributed by atoms with Crippen molar-refractivity contribution in [3.63, 3.8) is 0 Å². The minimum atomic E-state index is -3.78. The van der Waals surface area contributed by atoms with E-state index < -0.39 is 19.9 Å². The molecule has 0 aliphatic carbocycles. The van der Waals surface area contributed by atoms with Crippen molar-refractivity contribution in [3.8, 4) is 0 Å². The van der Waals surface area contributed by atoms with E-state index >= 15 is 0 Å². The minimum Gasteiger partial charge on any atom is -0.319 e. The highest BCUT2D eigenvalue weighted by molar-refractivity contribution is 7.93. The minimum absolute atomic E-state index is 0. The predicted molar refractivity (Wildman–Crippen MR) is 92.2 cm³/mol. The lowest BCUT2D eigenvalue weighted by Gasteiger charge is -2.31. The van der Waals surface area contributed by atoms with Crippen LogP contribution in [0.1, 0.15) is 12.8 Å². The molecular formula is C14H23ClN2O4S2. The number of sulfonamides is 1. The maximum atomic E-state index is 12.8. The number of rotatable bonds is 5. The average Bonchev–Trinajstić information content (AvgIpc) is 2.47. The van der Waals surface area contributed by atoms with Crippen molar-refractivity contribution in [3.05, 3.63) is 24.3 Å². The van der Waals surface area contributed by atoms with Gasteiger partial charge >= 0.3 is 0 Å². The highest BCUT2D eigenvalue weighted by Crippen LogP contribution is 2.27. The summed E-state index contributed by atoms with van der Waals surface area (Å²) in [6.07, 6.45) is 2.59. The quantitative estimate of drug-likeness (QED) is 0.825. The SMILES string of the molecule is CNCC1CCN(S(=O)(=O)c2ccccc2S(C)(=O)=O)CC1.Cl. The van der Waals surface area contributed by atoms with Gasteiger partial charge in [-0.3, -0.25) is 0 Å². The van der Waals surface area contributed by atoms with E-state index in [1.54, 1.807) is 6.07 Å². The topological polar surface area (TPSA) is 83.6 Å². The number of nitrogens with zero attached hydrogens (tertiary/aromatic N) is 1. The molecule has 0 amide bonds. The van der Waals surface area contributed by atoms with Gasteiger partial charge < -0.3 is 5.32 Å². The van der Waals surface area contributed by atoms with E-state index in [1.807, 2.05) is 7.05 Å². The Labute approximate surface area is 144 Å². The number of piperidine rings is 1. The molecule has 0 bridgehead atoms. The van der Waals surface area contributed by atoms with Gasteiger partial charge in [-0.2, -0.15) is 4.31 Å². The first kappa shape index (κ1) is 20.4. The molecule has 1 aliphatic heterocycles. The van der Waals surface area contributed by atoms with Crippen molar-refractivity contribution < 1.29 is 16.8 Å². The molecule has 1 saturated heterocycles. The summed E-state index contributed by atoms with van der Waals surface area (Å²) in [5.41, 5.74) is 0. The van der Waals surface area contributed by atoms with Gasteiger partial charge in [0.1, 0.15) is 4.90 Å². The van der Waals surface area contributed by atoms with Gasteiger partial charge in [-0.25, -0.2) is 16.8 Å². The van der Waals surface area contributed by atoms with Gasteiger partial charge in [0.2, 0.25) is 10.0 Å². The standard InChI is InChI=1S/C14H22N2O4S2.ClH/c1-15-11-12-7-9-16(10-8-12)22(19,20)14-6-4-3-5-13(14)21(2,17)18;/h3-6,12,15H,7-11H2,1-2H3;1H. The Morgan fingerprint density at radius 1 is 1.09 bits per heavy atom. The van der Waals surface area contributed by atoms with Gasteiger partial charge in [0.05, 0.1) is 4.90 Å². The van der Waals surface area contributed by atoms with E-state index in [-0.39, 0.29) is 22.2 Å². The van der Waals surface area contributed by atoms with Gasteiger partial charge in [0.15, 0.2) is 9.84 Å².